The third kappa shape index (κ3) is 12.7. The van der Waals surface area contributed by atoms with Gasteiger partial charge in [0.25, 0.3) is 0 Å². The SMILES string of the molecule is CCCCCCCCCCCCCCC/C=C/CO[C@@H]1CO[C@@H]([C@@H](O)CO)[C@H]1O. The van der Waals surface area contributed by atoms with Crippen LogP contribution < -0.4 is 0 Å². The van der Waals surface area contributed by atoms with Crippen LogP contribution in [0, 0.1) is 0 Å². The second kappa shape index (κ2) is 18.3. The molecule has 1 aliphatic heterocycles. The van der Waals surface area contributed by atoms with Crippen LogP contribution in [-0.2, 0) is 9.47 Å². The highest BCUT2D eigenvalue weighted by Gasteiger charge is 2.40. The Kier molecular flexibility index (Phi) is 16.8. The Labute approximate surface area is 178 Å². The van der Waals surface area contributed by atoms with Crippen molar-refractivity contribution < 1.29 is 24.8 Å². The van der Waals surface area contributed by atoms with Crippen LogP contribution in [0.25, 0.3) is 0 Å². The molecule has 172 valence electrons. The van der Waals surface area contributed by atoms with Crippen LogP contribution in [0.4, 0.5) is 0 Å². The van der Waals surface area contributed by atoms with E-state index in [2.05, 4.69) is 13.0 Å². The zero-order valence-corrected chi connectivity index (χ0v) is 18.6. The third-order valence-corrected chi connectivity index (χ3v) is 5.78. The first-order valence-electron chi connectivity index (χ1n) is 12.1. The number of unbranched alkanes of at least 4 members (excludes halogenated alkanes) is 13. The third-order valence-electron chi connectivity index (χ3n) is 5.78. The summed E-state index contributed by atoms with van der Waals surface area (Å²) in [6.45, 7) is 2.53. The van der Waals surface area contributed by atoms with Crippen molar-refractivity contribution in [3.8, 4) is 0 Å². The van der Waals surface area contributed by atoms with Gasteiger partial charge in [0.05, 0.1) is 19.8 Å². The topological polar surface area (TPSA) is 79.2 Å². The normalized spacial score (nSPS) is 23.2. The lowest BCUT2D eigenvalue weighted by Crippen LogP contribution is -2.41. The number of rotatable bonds is 19. The number of aliphatic hydroxyl groups is 3. The van der Waals surface area contributed by atoms with Crippen molar-refractivity contribution in [3.05, 3.63) is 12.2 Å². The number of hydrogen-bond acceptors (Lipinski definition) is 5. The molecule has 5 nitrogen and oxygen atoms in total. The fourth-order valence-electron chi connectivity index (χ4n) is 3.85. The summed E-state index contributed by atoms with van der Waals surface area (Å²) in [5.74, 6) is 0. The molecule has 0 unspecified atom stereocenters. The van der Waals surface area contributed by atoms with Gasteiger partial charge < -0.3 is 24.8 Å². The van der Waals surface area contributed by atoms with Crippen molar-refractivity contribution in [2.75, 3.05) is 19.8 Å². The second-order valence-corrected chi connectivity index (χ2v) is 8.41. The summed E-state index contributed by atoms with van der Waals surface area (Å²) in [6, 6.07) is 0. The monoisotopic (exact) mass is 414 g/mol. The quantitative estimate of drug-likeness (QED) is 0.214. The molecule has 0 saturated carbocycles. The summed E-state index contributed by atoms with van der Waals surface area (Å²) >= 11 is 0. The molecule has 0 radical (unpaired) electrons. The van der Waals surface area contributed by atoms with Crippen molar-refractivity contribution in [1.82, 2.24) is 0 Å². The van der Waals surface area contributed by atoms with Crippen LogP contribution in [0.15, 0.2) is 12.2 Å². The van der Waals surface area contributed by atoms with Gasteiger partial charge in [0.15, 0.2) is 0 Å². The first kappa shape index (κ1) is 26.6. The smallest absolute Gasteiger partial charge is 0.114 e. The zero-order valence-electron chi connectivity index (χ0n) is 18.6. The molecule has 0 aromatic carbocycles. The molecule has 29 heavy (non-hydrogen) atoms. The number of ether oxygens (including phenoxy) is 2. The van der Waals surface area contributed by atoms with Crippen LogP contribution in [0.1, 0.15) is 96.8 Å². The van der Waals surface area contributed by atoms with Crippen molar-refractivity contribution in [2.24, 2.45) is 0 Å². The largest absolute Gasteiger partial charge is 0.394 e. The Morgan fingerprint density at radius 1 is 0.897 bits per heavy atom. The number of hydrogen-bond donors (Lipinski definition) is 3. The van der Waals surface area contributed by atoms with E-state index in [1.54, 1.807) is 0 Å². The summed E-state index contributed by atoms with van der Waals surface area (Å²) in [5, 5.41) is 28.5. The minimum Gasteiger partial charge on any atom is -0.394 e. The van der Waals surface area contributed by atoms with Gasteiger partial charge in [-0.25, -0.2) is 0 Å². The van der Waals surface area contributed by atoms with E-state index in [4.69, 9.17) is 14.6 Å². The van der Waals surface area contributed by atoms with E-state index in [1.165, 1.54) is 83.5 Å². The average Bonchev–Trinajstić information content (AvgIpc) is 3.10. The van der Waals surface area contributed by atoms with Crippen molar-refractivity contribution in [1.29, 1.82) is 0 Å². The van der Waals surface area contributed by atoms with Gasteiger partial charge in [-0.3, -0.25) is 0 Å². The van der Waals surface area contributed by atoms with Crippen LogP contribution in [0.5, 0.6) is 0 Å². The molecular formula is C24H46O5. The Morgan fingerprint density at radius 2 is 1.45 bits per heavy atom. The maximum atomic E-state index is 10.0. The molecule has 3 N–H and O–H groups in total. The van der Waals surface area contributed by atoms with Crippen molar-refractivity contribution >= 4 is 0 Å². The summed E-state index contributed by atoms with van der Waals surface area (Å²) in [7, 11) is 0. The minimum absolute atomic E-state index is 0.246. The van der Waals surface area contributed by atoms with Gasteiger partial charge in [0.2, 0.25) is 0 Å². The lowest BCUT2D eigenvalue weighted by atomic mass is 10.0. The number of allylic oxidation sites excluding steroid dienone is 1. The maximum Gasteiger partial charge on any atom is 0.114 e. The van der Waals surface area contributed by atoms with E-state index < -0.39 is 31.0 Å². The molecule has 0 aromatic rings. The van der Waals surface area contributed by atoms with Gasteiger partial charge in [-0.05, 0) is 12.8 Å². The molecule has 1 heterocycles. The molecule has 4 atom stereocenters. The Balaban J connectivity index is 1.84. The summed E-state index contributed by atoms with van der Waals surface area (Å²) in [4.78, 5) is 0. The molecular weight excluding hydrogens is 368 g/mol. The van der Waals surface area contributed by atoms with E-state index >= 15 is 0 Å². The molecule has 0 spiro atoms. The lowest BCUT2D eigenvalue weighted by Gasteiger charge is -2.20. The van der Waals surface area contributed by atoms with Gasteiger partial charge in [-0.15, -0.1) is 0 Å². The second-order valence-electron chi connectivity index (χ2n) is 8.41. The van der Waals surface area contributed by atoms with Crippen LogP contribution in [0.3, 0.4) is 0 Å². The fraction of sp³-hybridized carbons (Fsp3) is 0.917. The van der Waals surface area contributed by atoms with E-state index in [0.29, 0.717) is 6.61 Å². The summed E-state index contributed by atoms with van der Waals surface area (Å²) < 4.78 is 10.9. The van der Waals surface area contributed by atoms with Gasteiger partial charge >= 0.3 is 0 Å². The Bertz CT molecular complexity index is 387. The van der Waals surface area contributed by atoms with Crippen LogP contribution in [0.2, 0.25) is 0 Å². The molecule has 1 rings (SSSR count). The summed E-state index contributed by atoms with van der Waals surface area (Å²) in [6.07, 6.45) is 19.9. The first-order valence-corrected chi connectivity index (χ1v) is 12.1. The fourth-order valence-corrected chi connectivity index (χ4v) is 3.85. The van der Waals surface area contributed by atoms with Gasteiger partial charge in [-0.2, -0.15) is 0 Å². The standard InChI is InChI=1S/C24H46O5/c1-2-3-4-5-6-7-8-9-10-11-12-13-14-15-16-17-18-28-22-20-29-24(23(22)27)21(26)19-25/h16-17,21-27H,2-15,18-20H2,1H3/b17-16+/t21-,22+,23-,24-/m0/s1. The minimum atomic E-state index is -1.07. The Hall–Kier alpha value is -0.460. The molecule has 0 aromatic heterocycles. The predicted molar refractivity (Wildman–Crippen MR) is 118 cm³/mol. The molecule has 0 aliphatic carbocycles. The maximum absolute atomic E-state index is 10.0. The molecule has 0 bridgehead atoms. The van der Waals surface area contributed by atoms with Gasteiger partial charge in [0, 0.05) is 0 Å². The zero-order chi connectivity index (χ0) is 21.2. The molecule has 5 heteroatoms. The molecule has 1 saturated heterocycles. The van der Waals surface area contributed by atoms with Crippen LogP contribution in [-0.4, -0.2) is 59.6 Å². The molecule has 1 fully saturated rings. The first-order chi connectivity index (χ1) is 14.2. The highest BCUT2D eigenvalue weighted by atomic mass is 16.6. The predicted octanol–water partition coefficient (Wildman–Crippen LogP) is 4.52. The van der Waals surface area contributed by atoms with E-state index in [9.17, 15) is 10.2 Å². The lowest BCUT2D eigenvalue weighted by molar-refractivity contribution is -0.0716. The van der Waals surface area contributed by atoms with Gasteiger partial charge in [0.1, 0.15) is 24.4 Å². The van der Waals surface area contributed by atoms with Crippen LogP contribution >= 0.6 is 0 Å². The van der Waals surface area contributed by atoms with E-state index in [0.717, 1.165) is 6.42 Å². The van der Waals surface area contributed by atoms with E-state index in [1.807, 2.05) is 6.08 Å². The van der Waals surface area contributed by atoms with Crippen molar-refractivity contribution in [3.63, 3.8) is 0 Å². The average molecular weight is 415 g/mol. The number of aliphatic hydroxyl groups excluding tert-OH is 3. The summed E-state index contributed by atoms with van der Waals surface area (Å²) in [5.41, 5.74) is 0. The van der Waals surface area contributed by atoms with Crippen molar-refractivity contribution in [2.45, 2.75) is 121 Å². The highest BCUT2D eigenvalue weighted by Crippen LogP contribution is 2.20. The molecule has 1 aliphatic rings. The van der Waals surface area contributed by atoms with E-state index in [-0.39, 0.29) is 6.61 Å². The molecule has 0 amide bonds. The highest BCUT2D eigenvalue weighted by molar-refractivity contribution is 4.90. The van der Waals surface area contributed by atoms with Gasteiger partial charge in [-0.1, -0.05) is 96.1 Å². The Morgan fingerprint density at radius 3 is 2.00 bits per heavy atom.